The summed E-state index contributed by atoms with van der Waals surface area (Å²) in [6.45, 7) is 9.10. The van der Waals surface area contributed by atoms with Crippen molar-refractivity contribution in [3.8, 4) is 0 Å². The molecule has 0 aromatic rings. The van der Waals surface area contributed by atoms with Crippen LogP contribution >= 0.6 is 0 Å². The number of amidine groups is 1. The van der Waals surface area contributed by atoms with Crippen LogP contribution in [0.15, 0.2) is 17.1 Å². The molecule has 0 fully saturated rings. The second-order valence-electron chi connectivity index (χ2n) is 8.71. The van der Waals surface area contributed by atoms with E-state index in [1.165, 1.54) is 95.7 Å². The number of aliphatic hydroxyl groups excluding tert-OH is 1. The van der Waals surface area contributed by atoms with Gasteiger partial charge in [-0.05, 0) is 19.8 Å². The van der Waals surface area contributed by atoms with Gasteiger partial charge in [-0.3, -0.25) is 4.48 Å². The van der Waals surface area contributed by atoms with Crippen molar-refractivity contribution in [1.82, 2.24) is 0 Å². The number of unbranched alkanes of at least 4 members (excludes halogenated alkanes) is 13. The van der Waals surface area contributed by atoms with Crippen LogP contribution in [0.2, 0.25) is 0 Å². The van der Waals surface area contributed by atoms with Gasteiger partial charge in [0.15, 0.2) is 6.23 Å². The number of nitrogens with zero attached hydrogens (tertiary/aromatic N) is 2. The molecule has 1 aliphatic heterocycles. The van der Waals surface area contributed by atoms with Crippen molar-refractivity contribution in [1.29, 1.82) is 0 Å². The lowest BCUT2D eigenvalue weighted by atomic mass is 10.0. The van der Waals surface area contributed by atoms with Crippen LogP contribution in [0.3, 0.4) is 0 Å². The summed E-state index contributed by atoms with van der Waals surface area (Å²) in [5.74, 6) is 1.17. The van der Waals surface area contributed by atoms with Crippen molar-refractivity contribution in [3.63, 3.8) is 0 Å². The van der Waals surface area contributed by atoms with E-state index in [2.05, 4.69) is 31.0 Å². The first-order valence-corrected chi connectivity index (χ1v) is 12.4. The highest BCUT2D eigenvalue weighted by molar-refractivity contribution is 5.78. The lowest BCUT2D eigenvalue weighted by molar-refractivity contribution is -0.882. The van der Waals surface area contributed by atoms with Gasteiger partial charge in [0, 0.05) is 6.92 Å². The van der Waals surface area contributed by atoms with E-state index >= 15 is 0 Å². The Kier molecular flexibility index (Phi) is 14.6. The molecule has 0 spiro atoms. The average Bonchev–Trinajstić information content (AvgIpc) is 3.12. The summed E-state index contributed by atoms with van der Waals surface area (Å²) in [6, 6.07) is 0. The lowest BCUT2D eigenvalue weighted by Crippen LogP contribution is -2.56. The predicted molar refractivity (Wildman–Crippen MR) is 124 cm³/mol. The zero-order valence-electron chi connectivity index (χ0n) is 19.3. The number of rotatable bonds is 18. The summed E-state index contributed by atoms with van der Waals surface area (Å²) in [7, 11) is 0. The third-order valence-corrected chi connectivity index (χ3v) is 6.53. The van der Waals surface area contributed by atoms with Crippen LogP contribution in [-0.4, -0.2) is 41.3 Å². The van der Waals surface area contributed by atoms with Gasteiger partial charge in [0.1, 0.15) is 6.54 Å². The van der Waals surface area contributed by atoms with Gasteiger partial charge < -0.3 is 5.11 Å². The summed E-state index contributed by atoms with van der Waals surface area (Å²) in [5, 5.41) is 10.2. The van der Waals surface area contributed by atoms with E-state index in [4.69, 9.17) is 0 Å². The average molecular weight is 394 g/mol. The Labute approximate surface area is 175 Å². The molecule has 2 atom stereocenters. The normalized spacial score (nSPS) is 20.8. The third kappa shape index (κ3) is 9.69. The van der Waals surface area contributed by atoms with Crippen LogP contribution in [0.4, 0.5) is 0 Å². The quantitative estimate of drug-likeness (QED) is 0.152. The van der Waals surface area contributed by atoms with Crippen molar-refractivity contribution >= 4 is 5.84 Å². The Hall–Kier alpha value is -0.670. The molecule has 0 aromatic carbocycles. The standard InChI is InChI=1S/C25H49N2O/c1-4-6-7-8-9-10-11-12-13-14-15-16-17-18-19-20-21-25-26-22-23-27(25,5-2)24(3)28/h19-20,24,28H,4-18,21-23H2,1-3H3/q+1/b20-19+. The molecule has 0 aromatic heterocycles. The first-order chi connectivity index (χ1) is 13.7. The van der Waals surface area contributed by atoms with Gasteiger partial charge in [-0.25, -0.2) is 4.99 Å². The van der Waals surface area contributed by atoms with Gasteiger partial charge in [-0.1, -0.05) is 96.1 Å². The fourth-order valence-corrected chi connectivity index (χ4v) is 4.47. The molecule has 0 amide bonds. The number of likely N-dealkylation sites (N-methyl/N-ethyl adjacent to an activating group) is 1. The Bertz CT molecular complexity index is 430. The molecule has 164 valence electrons. The van der Waals surface area contributed by atoms with Crippen LogP contribution in [0.25, 0.3) is 0 Å². The van der Waals surface area contributed by atoms with E-state index in [0.717, 1.165) is 26.1 Å². The summed E-state index contributed by atoms with van der Waals surface area (Å²) < 4.78 is 0.670. The Balaban J connectivity index is 1.94. The highest BCUT2D eigenvalue weighted by Gasteiger charge is 2.39. The molecule has 3 heteroatoms. The van der Waals surface area contributed by atoms with Gasteiger partial charge in [0.05, 0.1) is 19.5 Å². The zero-order chi connectivity index (χ0) is 20.5. The maximum absolute atomic E-state index is 10.2. The van der Waals surface area contributed by atoms with Crippen LogP contribution in [0.1, 0.15) is 117 Å². The van der Waals surface area contributed by atoms with E-state index in [9.17, 15) is 5.11 Å². The Morgan fingerprint density at radius 2 is 1.39 bits per heavy atom. The minimum absolute atomic E-state index is 0.347. The molecule has 0 aliphatic carbocycles. The largest absolute Gasteiger partial charge is 0.345 e. The highest BCUT2D eigenvalue weighted by atomic mass is 16.3. The second-order valence-corrected chi connectivity index (χ2v) is 8.71. The third-order valence-electron chi connectivity index (χ3n) is 6.53. The minimum atomic E-state index is -0.347. The lowest BCUT2D eigenvalue weighted by Gasteiger charge is -2.35. The van der Waals surface area contributed by atoms with Crippen molar-refractivity contribution in [2.24, 2.45) is 4.99 Å². The topological polar surface area (TPSA) is 32.6 Å². The molecule has 1 aliphatic rings. The summed E-state index contributed by atoms with van der Waals surface area (Å²) in [5.41, 5.74) is 0. The summed E-state index contributed by atoms with van der Waals surface area (Å²) in [6.07, 6.45) is 24.7. The van der Waals surface area contributed by atoms with Crippen molar-refractivity contribution < 1.29 is 9.59 Å². The van der Waals surface area contributed by atoms with Crippen molar-refractivity contribution in [2.45, 2.75) is 123 Å². The first-order valence-electron chi connectivity index (χ1n) is 12.4. The summed E-state index contributed by atoms with van der Waals surface area (Å²) >= 11 is 0. The van der Waals surface area contributed by atoms with E-state index < -0.39 is 0 Å². The molecule has 2 unspecified atom stereocenters. The van der Waals surface area contributed by atoms with Crippen LogP contribution in [-0.2, 0) is 0 Å². The zero-order valence-corrected chi connectivity index (χ0v) is 19.3. The van der Waals surface area contributed by atoms with Crippen LogP contribution in [0.5, 0.6) is 0 Å². The fourth-order valence-electron chi connectivity index (χ4n) is 4.47. The van der Waals surface area contributed by atoms with E-state index in [-0.39, 0.29) is 6.23 Å². The van der Waals surface area contributed by atoms with E-state index in [1.54, 1.807) is 0 Å². The molecule has 0 saturated carbocycles. The number of hydrogen-bond donors (Lipinski definition) is 1. The van der Waals surface area contributed by atoms with Gasteiger partial charge in [-0.15, -0.1) is 0 Å². The molecule has 1 N–H and O–H groups in total. The second kappa shape index (κ2) is 16.2. The molecular weight excluding hydrogens is 344 g/mol. The molecule has 3 nitrogen and oxygen atoms in total. The van der Waals surface area contributed by atoms with Crippen LogP contribution < -0.4 is 0 Å². The Morgan fingerprint density at radius 1 is 0.857 bits per heavy atom. The Morgan fingerprint density at radius 3 is 1.89 bits per heavy atom. The maximum Gasteiger partial charge on any atom is 0.204 e. The maximum atomic E-state index is 10.2. The van der Waals surface area contributed by atoms with Gasteiger partial charge in [0.25, 0.3) is 0 Å². The van der Waals surface area contributed by atoms with Crippen molar-refractivity contribution in [3.05, 3.63) is 12.2 Å². The predicted octanol–water partition coefficient (Wildman–Crippen LogP) is 7.00. The number of aliphatic hydroxyl groups is 1. The molecule has 28 heavy (non-hydrogen) atoms. The SMILES string of the molecule is CCCCCCCCCCCCCCC/C=C/CC1=NCC[N+]1(CC)C(C)O. The van der Waals surface area contributed by atoms with Gasteiger partial charge in [0.2, 0.25) is 5.84 Å². The summed E-state index contributed by atoms with van der Waals surface area (Å²) in [4.78, 5) is 4.67. The number of allylic oxidation sites excluding steroid dienone is 1. The fraction of sp³-hybridized carbons (Fsp3) is 0.880. The molecule has 0 saturated heterocycles. The number of quaternary nitrogens is 1. The monoisotopic (exact) mass is 393 g/mol. The van der Waals surface area contributed by atoms with E-state index in [1.807, 2.05) is 6.92 Å². The number of aliphatic imine (C=N–C) groups is 1. The molecular formula is C25H49N2O+. The minimum Gasteiger partial charge on any atom is -0.345 e. The molecule has 1 rings (SSSR count). The first kappa shape index (κ1) is 25.4. The van der Waals surface area contributed by atoms with E-state index in [0.29, 0.717) is 4.48 Å². The molecule has 1 heterocycles. The van der Waals surface area contributed by atoms with Crippen LogP contribution in [0, 0.1) is 0 Å². The van der Waals surface area contributed by atoms with Crippen molar-refractivity contribution in [2.75, 3.05) is 19.6 Å². The van der Waals surface area contributed by atoms with Gasteiger partial charge >= 0.3 is 0 Å². The van der Waals surface area contributed by atoms with Gasteiger partial charge in [-0.2, -0.15) is 0 Å². The number of hydrogen-bond acceptors (Lipinski definition) is 2. The highest BCUT2D eigenvalue weighted by Crippen LogP contribution is 2.21. The smallest absolute Gasteiger partial charge is 0.204 e. The molecule has 0 bridgehead atoms. The molecule has 0 radical (unpaired) electrons.